The Morgan fingerprint density at radius 2 is 1.33 bits per heavy atom. The first kappa shape index (κ1) is 19.1. The Labute approximate surface area is 130 Å². The molecule has 0 amide bonds. The van der Waals surface area contributed by atoms with E-state index in [0.29, 0.717) is 0 Å². The summed E-state index contributed by atoms with van der Waals surface area (Å²) in [4.78, 5) is 4.37. The van der Waals surface area contributed by atoms with Gasteiger partial charge in [-0.1, -0.05) is 65.8 Å². The summed E-state index contributed by atoms with van der Waals surface area (Å²) in [5.41, 5.74) is 2.37. The van der Waals surface area contributed by atoms with E-state index in [1.54, 1.807) is 0 Å². The predicted molar refractivity (Wildman–Crippen MR) is 98.0 cm³/mol. The molecule has 114 valence electrons. The standard InChI is InChI=1S/C14H11N.3C2H6/c1-10-4-2-5-11-8-12-6-3-7-15-14(12)9-13(10)11;3*1-2/h2-9H,1H3;3*1-2H3. The van der Waals surface area contributed by atoms with Crippen molar-refractivity contribution in [3.63, 3.8) is 0 Å². The van der Waals surface area contributed by atoms with E-state index in [4.69, 9.17) is 0 Å². The number of hydrogen-bond acceptors (Lipinski definition) is 1. The molecule has 0 N–H and O–H groups in total. The summed E-state index contributed by atoms with van der Waals surface area (Å²) in [6.45, 7) is 14.1. The summed E-state index contributed by atoms with van der Waals surface area (Å²) in [5, 5.41) is 3.79. The summed E-state index contributed by atoms with van der Waals surface area (Å²) < 4.78 is 0. The number of benzene rings is 2. The molecule has 0 unspecified atom stereocenters. The van der Waals surface area contributed by atoms with Gasteiger partial charge in [0.1, 0.15) is 0 Å². The van der Waals surface area contributed by atoms with Crippen molar-refractivity contribution in [2.45, 2.75) is 48.5 Å². The number of hydrogen-bond donors (Lipinski definition) is 0. The Hall–Kier alpha value is -1.89. The third-order valence-corrected chi connectivity index (χ3v) is 2.82. The van der Waals surface area contributed by atoms with Crippen LogP contribution in [-0.2, 0) is 0 Å². The Morgan fingerprint density at radius 1 is 0.714 bits per heavy atom. The van der Waals surface area contributed by atoms with Crippen LogP contribution >= 0.6 is 0 Å². The molecule has 0 saturated heterocycles. The predicted octanol–water partition coefficient (Wildman–Crippen LogP) is 6.78. The smallest absolute Gasteiger partial charge is 0.0708 e. The first-order chi connectivity index (χ1) is 10.3. The second-order valence-corrected chi connectivity index (χ2v) is 3.84. The number of pyridine rings is 1. The average Bonchev–Trinajstić information content (AvgIpc) is 2.59. The SMILES string of the molecule is CC.CC.CC.Cc1cccc2cc3cccnc3cc12. The lowest BCUT2D eigenvalue weighted by molar-refractivity contribution is 1.42. The number of fused-ring (bicyclic) bond motifs is 2. The molecule has 0 saturated carbocycles. The molecule has 21 heavy (non-hydrogen) atoms. The van der Waals surface area contributed by atoms with Crippen LogP contribution in [0, 0.1) is 6.92 Å². The molecule has 0 aliphatic carbocycles. The molecule has 0 bridgehead atoms. The molecule has 0 radical (unpaired) electrons. The highest BCUT2D eigenvalue weighted by molar-refractivity contribution is 5.97. The quantitative estimate of drug-likeness (QED) is 0.415. The maximum absolute atomic E-state index is 4.37. The molecule has 0 spiro atoms. The fraction of sp³-hybridized carbons (Fsp3) is 0.350. The fourth-order valence-electron chi connectivity index (χ4n) is 2.00. The van der Waals surface area contributed by atoms with E-state index >= 15 is 0 Å². The molecule has 1 nitrogen and oxygen atoms in total. The van der Waals surface area contributed by atoms with Crippen molar-refractivity contribution in [3.05, 3.63) is 54.2 Å². The zero-order valence-corrected chi connectivity index (χ0v) is 14.6. The van der Waals surface area contributed by atoms with Gasteiger partial charge in [-0.05, 0) is 41.5 Å². The highest BCUT2D eigenvalue weighted by Crippen LogP contribution is 2.23. The average molecular weight is 283 g/mol. The summed E-state index contributed by atoms with van der Waals surface area (Å²) in [6.07, 6.45) is 1.84. The van der Waals surface area contributed by atoms with E-state index < -0.39 is 0 Å². The van der Waals surface area contributed by atoms with Crippen molar-refractivity contribution < 1.29 is 0 Å². The van der Waals surface area contributed by atoms with E-state index in [2.05, 4.69) is 48.3 Å². The molecule has 0 atom stereocenters. The van der Waals surface area contributed by atoms with Gasteiger partial charge in [-0.3, -0.25) is 4.98 Å². The minimum Gasteiger partial charge on any atom is -0.256 e. The molecule has 1 heterocycles. The number of aromatic nitrogens is 1. The summed E-state index contributed by atoms with van der Waals surface area (Å²) in [5.74, 6) is 0. The largest absolute Gasteiger partial charge is 0.256 e. The van der Waals surface area contributed by atoms with E-state index in [9.17, 15) is 0 Å². The van der Waals surface area contributed by atoms with Crippen molar-refractivity contribution >= 4 is 21.7 Å². The van der Waals surface area contributed by atoms with Gasteiger partial charge in [0.15, 0.2) is 0 Å². The number of rotatable bonds is 0. The zero-order valence-electron chi connectivity index (χ0n) is 14.6. The van der Waals surface area contributed by atoms with Crippen molar-refractivity contribution in [2.75, 3.05) is 0 Å². The van der Waals surface area contributed by atoms with Crippen LogP contribution < -0.4 is 0 Å². The molecule has 1 aromatic heterocycles. The van der Waals surface area contributed by atoms with Gasteiger partial charge in [0.05, 0.1) is 5.52 Å². The maximum Gasteiger partial charge on any atom is 0.0708 e. The first-order valence-corrected chi connectivity index (χ1v) is 8.09. The summed E-state index contributed by atoms with van der Waals surface area (Å²) in [6, 6.07) is 14.8. The van der Waals surface area contributed by atoms with Gasteiger partial charge in [0, 0.05) is 11.6 Å². The topological polar surface area (TPSA) is 12.9 Å². The second-order valence-electron chi connectivity index (χ2n) is 3.84. The molecule has 2 aromatic carbocycles. The Bertz CT molecular complexity index is 641. The van der Waals surface area contributed by atoms with Gasteiger partial charge in [0.2, 0.25) is 0 Å². The summed E-state index contributed by atoms with van der Waals surface area (Å²) >= 11 is 0. The van der Waals surface area contributed by atoms with E-state index in [1.807, 2.05) is 53.8 Å². The van der Waals surface area contributed by atoms with Gasteiger partial charge < -0.3 is 0 Å². The highest BCUT2D eigenvalue weighted by atomic mass is 14.6. The van der Waals surface area contributed by atoms with E-state index in [-0.39, 0.29) is 0 Å². The first-order valence-electron chi connectivity index (χ1n) is 8.09. The van der Waals surface area contributed by atoms with Crippen LogP contribution in [0.1, 0.15) is 47.1 Å². The van der Waals surface area contributed by atoms with Crippen LogP contribution in [0.2, 0.25) is 0 Å². The van der Waals surface area contributed by atoms with Crippen LogP contribution in [-0.4, -0.2) is 4.98 Å². The van der Waals surface area contributed by atoms with Crippen molar-refractivity contribution in [3.8, 4) is 0 Å². The van der Waals surface area contributed by atoms with Gasteiger partial charge >= 0.3 is 0 Å². The van der Waals surface area contributed by atoms with Crippen LogP contribution in [0.25, 0.3) is 21.7 Å². The van der Waals surface area contributed by atoms with Crippen LogP contribution in [0.3, 0.4) is 0 Å². The van der Waals surface area contributed by atoms with Crippen LogP contribution in [0.5, 0.6) is 0 Å². The molecule has 0 fully saturated rings. The van der Waals surface area contributed by atoms with E-state index in [1.165, 1.54) is 21.7 Å². The Kier molecular flexibility index (Phi) is 9.87. The van der Waals surface area contributed by atoms with E-state index in [0.717, 1.165) is 5.52 Å². The van der Waals surface area contributed by atoms with Gasteiger partial charge in [0.25, 0.3) is 0 Å². The zero-order chi connectivity index (χ0) is 16.3. The molecular formula is C20H29N. The number of aryl methyl sites for hydroxylation is 1. The highest BCUT2D eigenvalue weighted by Gasteiger charge is 1.99. The fourth-order valence-corrected chi connectivity index (χ4v) is 2.00. The second kappa shape index (κ2) is 10.8. The molecule has 0 aliphatic rings. The Balaban J connectivity index is 0.000000598. The lowest BCUT2D eigenvalue weighted by Crippen LogP contribution is -1.81. The minimum atomic E-state index is 1.07. The number of nitrogens with zero attached hydrogens (tertiary/aromatic N) is 1. The normalized spacial score (nSPS) is 8.71. The maximum atomic E-state index is 4.37. The van der Waals surface area contributed by atoms with Crippen molar-refractivity contribution in [1.29, 1.82) is 0 Å². The summed E-state index contributed by atoms with van der Waals surface area (Å²) in [7, 11) is 0. The Morgan fingerprint density at radius 3 is 2.00 bits per heavy atom. The van der Waals surface area contributed by atoms with Gasteiger partial charge in [-0.15, -0.1) is 0 Å². The molecule has 1 heteroatoms. The van der Waals surface area contributed by atoms with Crippen LogP contribution in [0.4, 0.5) is 0 Å². The lowest BCUT2D eigenvalue weighted by atomic mass is 10.0. The van der Waals surface area contributed by atoms with Crippen molar-refractivity contribution in [1.82, 2.24) is 4.98 Å². The minimum absolute atomic E-state index is 1.07. The van der Waals surface area contributed by atoms with Crippen molar-refractivity contribution in [2.24, 2.45) is 0 Å². The lowest BCUT2D eigenvalue weighted by Gasteiger charge is -2.03. The monoisotopic (exact) mass is 283 g/mol. The molecule has 3 rings (SSSR count). The van der Waals surface area contributed by atoms with Gasteiger partial charge in [-0.25, -0.2) is 0 Å². The van der Waals surface area contributed by atoms with Crippen LogP contribution in [0.15, 0.2) is 48.7 Å². The third kappa shape index (κ3) is 4.86. The third-order valence-electron chi connectivity index (χ3n) is 2.82. The molecule has 0 aliphatic heterocycles. The van der Waals surface area contributed by atoms with Gasteiger partial charge in [-0.2, -0.15) is 0 Å². The molecule has 3 aromatic rings. The molecular weight excluding hydrogens is 254 g/mol.